The van der Waals surface area contributed by atoms with E-state index < -0.39 is 0 Å². The molecule has 2 aliphatic rings. The summed E-state index contributed by atoms with van der Waals surface area (Å²) in [4.78, 5) is 1.98. The molecule has 0 amide bonds. The molecule has 2 aromatic rings. The molecule has 2 heterocycles. The number of benzene rings is 2. The normalized spacial score (nSPS) is 11.1. The highest BCUT2D eigenvalue weighted by molar-refractivity contribution is 6.06. The molecule has 0 aromatic heterocycles. The first-order valence-electron chi connectivity index (χ1n) is 8.97. The van der Waals surface area contributed by atoms with E-state index in [-0.39, 0.29) is 0 Å². The van der Waals surface area contributed by atoms with Gasteiger partial charge < -0.3 is 20.2 Å². The van der Waals surface area contributed by atoms with Gasteiger partial charge >= 0.3 is 0 Å². The van der Waals surface area contributed by atoms with Crippen LogP contribution in [0.4, 0.5) is 11.4 Å². The number of nitrogens with zero attached hydrogens (tertiary/aromatic N) is 2. The van der Waals surface area contributed by atoms with Crippen LogP contribution in [0.1, 0.15) is 20.8 Å². The largest absolute Gasteiger partial charge is 0.456 e. The zero-order chi connectivity index (χ0) is 20.1. The first kappa shape index (κ1) is 20.3. The van der Waals surface area contributed by atoms with E-state index in [9.17, 15) is 0 Å². The number of aliphatic hydroxyl groups excluding tert-OH is 1. The van der Waals surface area contributed by atoms with E-state index in [1.807, 2.05) is 70.1 Å². The molecule has 4 rings (SSSR count). The van der Waals surface area contributed by atoms with Crippen LogP contribution < -0.4 is 16.0 Å². The van der Waals surface area contributed by atoms with Gasteiger partial charge in [0.15, 0.2) is 0 Å². The van der Waals surface area contributed by atoms with Gasteiger partial charge in [-0.15, -0.1) is 0 Å². The number of hydrogen-bond acceptors (Lipinski definition) is 5. The molecule has 4 N–H and O–H groups in total. The van der Waals surface area contributed by atoms with Crippen molar-refractivity contribution in [1.82, 2.24) is 10.2 Å². The Labute approximate surface area is 159 Å². The molecule has 144 valence electrons. The fraction of sp³-hybridized carbons (Fsp3) is 0.286. The Bertz CT molecular complexity index is 1080. The topological polar surface area (TPSA) is 91.3 Å². The third-order valence-electron chi connectivity index (χ3n) is 4.22. The zero-order valence-corrected chi connectivity index (χ0v) is 16.8. The molecule has 0 bridgehead atoms. The van der Waals surface area contributed by atoms with Crippen molar-refractivity contribution in [2.45, 2.75) is 20.8 Å². The number of aromatic nitrogens is 2. The van der Waals surface area contributed by atoms with E-state index in [4.69, 9.17) is 15.3 Å². The number of aromatic amines is 1. The first-order valence-corrected chi connectivity index (χ1v) is 8.97. The summed E-state index contributed by atoms with van der Waals surface area (Å²) in [7, 11) is 4.93. The molecule has 0 fully saturated rings. The lowest BCUT2D eigenvalue weighted by molar-refractivity contribution is 0.399. The summed E-state index contributed by atoms with van der Waals surface area (Å²) in [5.41, 5.74) is 11.3. The van der Waals surface area contributed by atoms with E-state index in [0.29, 0.717) is 5.69 Å². The van der Waals surface area contributed by atoms with Crippen LogP contribution in [0.3, 0.4) is 0 Å². The van der Waals surface area contributed by atoms with Crippen molar-refractivity contribution in [1.29, 1.82) is 0 Å². The maximum atomic E-state index is 7.00. The number of fused-ring (bicyclic) bond motifs is 2. The third kappa shape index (κ3) is 3.48. The van der Waals surface area contributed by atoms with Crippen LogP contribution in [0, 0.1) is 0 Å². The molecule has 2 aliphatic heterocycles. The summed E-state index contributed by atoms with van der Waals surface area (Å²) in [5, 5.41) is 17.7. The van der Waals surface area contributed by atoms with Crippen LogP contribution >= 0.6 is 0 Å². The SMILES string of the molecule is C/C=c1\[nH]nc2c3cc(N)c(N(C)C)cc3oc3cccc1c3-2.CC.CO. The van der Waals surface area contributed by atoms with Crippen molar-refractivity contribution < 1.29 is 9.52 Å². The van der Waals surface area contributed by atoms with E-state index in [1.165, 1.54) is 0 Å². The Morgan fingerprint density at radius 3 is 2.44 bits per heavy atom. The summed E-state index contributed by atoms with van der Waals surface area (Å²) in [6.07, 6.45) is 2.01. The lowest BCUT2D eigenvalue weighted by Gasteiger charge is -2.18. The number of anilines is 2. The van der Waals surface area contributed by atoms with Crippen molar-refractivity contribution in [3.63, 3.8) is 0 Å². The van der Waals surface area contributed by atoms with Crippen molar-refractivity contribution >= 4 is 39.4 Å². The van der Waals surface area contributed by atoms with Crippen LogP contribution in [0.2, 0.25) is 0 Å². The van der Waals surface area contributed by atoms with Crippen LogP contribution in [-0.2, 0) is 0 Å². The van der Waals surface area contributed by atoms with E-state index in [1.54, 1.807) is 0 Å². The minimum atomic E-state index is 0.706. The fourth-order valence-corrected chi connectivity index (χ4v) is 3.09. The number of nitrogen functional groups attached to an aromatic ring is 1. The average molecular weight is 368 g/mol. The van der Waals surface area contributed by atoms with Gasteiger partial charge in [0, 0.05) is 38.0 Å². The van der Waals surface area contributed by atoms with E-state index in [2.05, 4.69) is 16.3 Å². The van der Waals surface area contributed by atoms with Crippen molar-refractivity contribution in [3.05, 3.63) is 35.7 Å². The van der Waals surface area contributed by atoms with Gasteiger partial charge in [0.1, 0.15) is 16.9 Å². The van der Waals surface area contributed by atoms with Crippen LogP contribution in [0.25, 0.3) is 39.3 Å². The number of H-pyrrole nitrogens is 1. The van der Waals surface area contributed by atoms with Gasteiger partial charge in [-0.2, -0.15) is 5.10 Å². The molecule has 27 heavy (non-hydrogen) atoms. The summed E-state index contributed by atoms with van der Waals surface area (Å²) in [5.74, 6) is 0. The van der Waals surface area contributed by atoms with Crippen molar-refractivity contribution in [2.24, 2.45) is 0 Å². The summed E-state index contributed by atoms with van der Waals surface area (Å²) in [6.45, 7) is 5.99. The van der Waals surface area contributed by atoms with Gasteiger partial charge in [0.25, 0.3) is 0 Å². The molecule has 0 saturated carbocycles. The van der Waals surface area contributed by atoms with E-state index in [0.717, 1.165) is 51.3 Å². The number of nitrogens with one attached hydrogen (secondary N) is 1. The summed E-state index contributed by atoms with van der Waals surface area (Å²) < 4.78 is 6.14. The summed E-state index contributed by atoms with van der Waals surface area (Å²) in [6, 6.07) is 9.94. The van der Waals surface area contributed by atoms with Crippen LogP contribution in [0.5, 0.6) is 0 Å². The van der Waals surface area contributed by atoms with Crippen LogP contribution in [-0.4, -0.2) is 36.5 Å². The Balaban J connectivity index is 0.000000614. The van der Waals surface area contributed by atoms with Crippen molar-refractivity contribution in [3.8, 4) is 11.3 Å². The second kappa shape index (κ2) is 8.60. The molecule has 0 radical (unpaired) electrons. The zero-order valence-electron chi connectivity index (χ0n) is 16.8. The predicted octanol–water partition coefficient (Wildman–Crippen LogP) is 3.78. The first-order chi connectivity index (χ1) is 13.1. The minimum absolute atomic E-state index is 0.706. The molecule has 6 heteroatoms. The Kier molecular flexibility index (Phi) is 6.47. The predicted molar refractivity (Wildman–Crippen MR) is 115 cm³/mol. The Hall–Kier alpha value is -2.99. The Morgan fingerprint density at radius 1 is 1.11 bits per heavy atom. The maximum Gasteiger partial charge on any atom is 0.139 e. The number of aliphatic hydroxyl groups is 1. The lowest BCUT2D eigenvalue weighted by atomic mass is 10.00. The maximum absolute atomic E-state index is 7.00. The fourth-order valence-electron chi connectivity index (χ4n) is 3.09. The lowest BCUT2D eigenvalue weighted by Crippen LogP contribution is -2.13. The quantitative estimate of drug-likeness (QED) is 0.270. The Morgan fingerprint density at radius 2 is 1.81 bits per heavy atom. The molecule has 0 saturated heterocycles. The molecule has 6 nitrogen and oxygen atoms in total. The number of hydrogen-bond donors (Lipinski definition) is 3. The smallest absolute Gasteiger partial charge is 0.139 e. The van der Waals surface area contributed by atoms with Crippen LogP contribution in [0.15, 0.2) is 34.7 Å². The molecule has 0 atom stereocenters. The molecule has 0 spiro atoms. The minimum Gasteiger partial charge on any atom is -0.456 e. The number of nitrogens with two attached hydrogens (primary N) is 1. The highest BCUT2D eigenvalue weighted by atomic mass is 16.3. The second-order valence-electron chi connectivity index (χ2n) is 5.86. The monoisotopic (exact) mass is 368 g/mol. The summed E-state index contributed by atoms with van der Waals surface area (Å²) >= 11 is 0. The number of rotatable bonds is 1. The van der Waals surface area contributed by atoms with Gasteiger partial charge in [-0.05, 0) is 19.1 Å². The van der Waals surface area contributed by atoms with Gasteiger partial charge in [-0.25, -0.2) is 0 Å². The van der Waals surface area contributed by atoms with Gasteiger partial charge in [0.05, 0.1) is 22.3 Å². The highest BCUT2D eigenvalue weighted by Crippen LogP contribution is 2.38. The third-order valence-corrected chi connectivity index (χ3v) is 4.22. The molecular weight excluding hydrogens is 340 g/mol. The standard InChI is InChI=1S/C18H18N4O.C2H6.CH4O/c1-4-13-10-6-5-7-15-17(10)18(21-20-13)11-8-12(19)14(22(2)3)9-16(11)23-15;2*1-2/h4-9,20H,19H2,1-3H3;1-2H3;2H,1H3/b13-4-;;. The van der Waals surface area contributed by atoms with Gasteiger partial charge in [-0.1, -0.05) is 32.1 Å². The second-order valence-corrected chi connectivity index (χ2v) is 5.86. The van der Waals surface area contributed by atoms with Gasteiger partial charge in [0.2, 0.25) is 0 Å². The average Bonchev–Trinajstić information content (AvgIpc) is 2.71. The molecule has 0 unspecified atom stereocenters. The van der Waals surface area contributed by atoms with E-state index >= 15 is 0 Å². The molecule has 2 aromatic carbocycles. The van der Waals surface area contributed by atoms with Crippen molar-refractivity contribution in [2.75, 3.05) is 31.8 Å². The molecular formula is C21H28N4O2. The molecule has 0 aliphatic carbocycles. The van der Waals surface area contributed by atoms with Gasteiger partial charge in [-0.3, -0.25) is 5.10 Å². The highest BCUT2D eigenvalue weighted by Gasteiger charge is 2.19.